The van der Waals surface area contributed by atoms with Gasteiger partial charge in [-0.1, -0.05) is 42.0 Å². The molecule has 8 aromatic rings. The fraction of sp³-hybridized carbons (Fsp3) is 0.149. The SMILES string of the molecule is Cc1ccc(C)c(C)c1.Cc1ccc(N(c2cc3ccc4cc(C)cc5ccc(c2)c3c45)c2cccc[c]2[Pb])c(C)c1.Cc1ccccc1N. The summed E-state index contributed by atoms with van der Waals surface area (Å²) in [7, 11) is 0. The summed E-state index contributed by atoms with van der Waals surface area (Å²) in [6.07, 6.45) is 0. The minimum atomic E-state index is 0.868. The van der Waals surface area contributed by atoms with Crippen molar-refractivity contribution >= 4 is 84.0 Å². The summed E-state index contributed by atoms with van der Waals surface area (Å²) < 4.78 is 1.40. The number of benzene rings is 8. The molecule has 3 heteroatoms. The van der Waals surface area contributed by atoms with Crippen LogP contribution < -0.4 is 13.8 Å². The molecule has 0 saturated heterocycles. The molecule has 247 valence electrons. The van der Waals surface area contributed by atoms with Crippen LogP contribution in [0.1, 0.15) is 38.9 Å². The first-order valence-corrected chi connectivity index (χ1v) is 19.2. The quantitative estimate of drug-likeness (QED) is 0.109. The number of hydrogen-bond acceptors (Lipinski definition) is 2. The fourth-order valence-corrected chi connectivity index (χ4v) is 7.85. The third-order valence-electron chi connectivity index (χ3n) is 9.51. The van der Waals surface area contributed by atoms with Gasteiger partial charge in [-0.3, -0.25) is 0 Å². The summed E-state index contributed by atoms with van der Waals surface area (Å²) in [5.41, 5.74) is 19.3. The van der Waals surface area contributed by atoms with Crippen molar-refractivity contribution in [3.8, 4) is 0 Å². The van der Waals surface area contributed by atoms with Crippen LogP contribution in [-0.2, 0) is 0 Å². The Morgan fingerprint density at radius 2 is 0.940 bits per heavy atom. The Kier molecular flexibility index (Phi) is 10.6. The molecule has 0 heterocycles. The molecule has 8 rings (SSSR count). The van der Waals surface area contributed by atoms with Crippen LogP contribution in [0.4, 0.5) is 22.7 Å². The fourth-order valence-electron chi connectivity index (χ4n) is 6.72. The molecule has 3 radical (unpaired) electrons. The van der Waals surface area contributed by atoms with E-state index in [1.165, 1.54) is 85.9 Å². The maximum absolute atomic E-state index is 5.52. The van der Waals surface area contributed by atoms with E-state index >= 15 is 0 Å². The van der Waals surface area contributed by atoms with Crippen LogP contribution in [0, 0.1) is 48.5 Å². The van der Waals surface area contributed by atoms with Crippen molar-refractivity contribution in [2.24, 2.45) is 0 Å². The van der Waals surface area contributed by atoms with Crippen molar-refractivity contribution in [3.63, 3.8) is 0 Å². The van der Waals surface area contributed by atoms with Crippen LogP contribution in [0.5, 0.6) is 0 Å². The molecule has 2 N–H and O–H groups in total. The van der Waals surface area contributed by atoms with E-state index in [9.17, 15) is 0 Å². The van der Waals surface area contributed by atoms with Gasteiger partial charge in [0, 0.05) is 5.69 Å². The van der Waals surface area contributed by atoms with Gasteiger partial charge in [-0.2, -0.15) is 0 Å². The van der Waals surface area contributed by atoms with Gasteiger partial charge in [0.1, 0.15) is 0 Å². The molecule has 0 aliphatic carbocycles. The average molecular weight is 845 g/mol. The Balaban J connectivity index is 0.000000208. The van der Waals surface area contributed by atoms with Gasteiger partial charge in [0.15, 0.2) is 0 Å². The van der Waals surface area contributed by atoms with E-state index in [4.69, 9.17) is 5.73 Å². The molecule has 8 aromatic carbocycles. The summed E-state index contributed by atoms with van der Waals surface area (Å²) in [6.45, 7) is 15.0. The standard InChI is InChI=1S/C31H24N.C9H12.C7H9N.Pb/c1-20-9-14-29(22(3)15-20)32(27-7-5-4-6-8-27)28-18-25-12-10-23-16-21(2)17-24-11-13-26(19-28)31(25)30(23)24;1-7-4-5-8(2)9(3)6-7;1-6-4-2-3-5-7(6)8;/h4-7,9-19H,1-3H3;4-6H,1-3H3;2-5H,8H2,1H3;. The summed E-state index contributed by atoms with van der Waals surface area (Å²) in [5, 5.41) is 7.99. The minimum absolute atomic E-state index is 0.868. The topological polar surface area (TPSA) is 29.3 Å². The van der Waals surface area contributed by atoms with Crippen LogP contribution in [0.15, 0.2) is 133 Å². The maximum atomic E-state index is 5.52. The Morgan fingerprint density at radius 1 is 0.420 bits per heavy atom. The number of para-hydroxylation sites is 2. The Morgan fingerprint density at radius 3 is 1.44 bits per heavy atom. The van der Waals surface area contributed by atoms with Crippen molar-refractivity contribution in [2.75, 3.05) is 10.6 Å². The number of anilines is 4. The van der Waals surface area contributed by atoms with Crippen molar-refractivity contribution in [1.29, 1.82) is 0 Å². The number of nitrogens with zero attached hydrogens (tertiary/aromatic N) is 1. The second-order valence-corrected chi connectivity index (χ2v) is 15.7. The van der Waals surface area contributed by atoms with Crippen molar-refractivity contribution in [3.05, 3.63) is 172 Å². The minimum Gasteiger partial charge on any atom is -0.399 e. The predicted octanol–water partition coefficient (Wildman–Crippen LogP) is 12.0. The monoisotopic (exact) mass is 845 g/mol. The zero-order chi connectivity index (χ0) is 35.5. The summed E-state index contributed by atoms with van der Waals surface area (Å²) in [4.78, 5) is 2.45. The number of nitrogen functional groups attached to an aromatic ring is 1. The van der Waals surface area contributed by atoms with Crippen LogP contribution in [0.3, 0.4) is 0 Å². The molecule has 0 bridgehead atoms. The number of nitrogens with two attached hydrogens (primary N) is 1. The van der Waals surface area contributed by atoms with Crippen molar-refractivity contribution in [1.82, 2.24) is 0 Å². The van der Waals surface area contributed by atoms with Crippen molar-refractivity contribution in [2.45, 2.75) is 48.5 Å². The van der Waals surface area contributed by atoms with Crippen LogP contribution in [0.2, 0.25) is 0 Å². The van der Waals surface area contributed by atoms with Crippen LogP contribution >= 0.6 is 0 Å². The zero-order valence-corrected chi connectivity index (χ0v) is 34.1. The first-order chi connectivity index (χ1) is 24.0. The van der Waals surface area contributed by atoms with Gasteiger partial charge in [-0.15, -0.1) is 0 Å². The van der Waals surface area contributed by atoms with E-state index < -0.39 is 0 Å². The van der Waals surface area contributed by atoms with E-state index in [1.807, 2.05) is 31.2 Å². The van der Waals surface area contributed by atoms with E-state index in [0.717, 1.165) is 37.0 Å². The maximum Gasteiger partial charge on any atom is 0.0343 e. The van der Waals surface area contributed by atoms with E-state index in [2.05, 4.69) is 156 Å². The second kappa shape index (κ2) is 15.1. The summed E-state index contributed by atoms with van der Waals surface area (Å²) in [6, 6.07) is 48.4. The molecule has 0 atom stereocenters. The Hall–Kier alpha value is -4.68. The van der Waals surface area contributed by atoms with E-state index in [1.54, 1.807) is 0 Å². The molecule has 50 heavy (non-hydrogen) atoms. The number of aryl methyl sites for hydroxylation is 7. The van der Waals surface area contributed by atoms with Gasteiger partial charge < -0.3 is 5.73 Å². The van der Waals surface area contributed by atoms with Crippen LogP contribution in [-0.4, -0.2) is 25.8 Å². The first-order valence-electron chi connectivity index (χ1n) is 17.2. The smallest absolute Gasteiger partial charge is 0.0343 e. The van der Waals surface area contributed by atoms with E-state index in [-0.39, 0.29) is 0 Å². The third kappa shape index (κ3) is 7.56. The van der Waals surface area contributed by atoms with Crippen LogP contribution in [0.25, 0.3) is 32.3 Å². The molecule has 2 nitrogen and oxygen atoms in total. The van der Waals surface area contributed by atoms with Crippen molar-refractivity contribution < 1.29 is 0 Å². The molecule has 0 spiro atoms. The molecule has 0 aliphatic rings. The molecule has 0 aromatic heterocycles. The molecule has 0 saturated carbocycles. The molecular formula is C47H45N2Pb. The van der Waals surface area contributed by atoms with Gasteiger partial charge in [-0.25, -0.2) is 0 Å². The molecule has 0 aliphatic heterocycles. The average Bonchev–Trinajstić information content (AvgIpc) is 3.09. The number of rotatable bonds is 3. The molecule has 0 unspecified atom stereocenters. The normalized spacial score (nSPS) is 10.9. The Bertz CT molecular complexity index is 2350. The second-order valence-electron chi connectivity index (χ2n) is 13.6. The molecule has 0 fully saturated rings. The van der Waals surface area contributed by atoms with Gasteiger partial charge in [-0.05, 0) is 50.5 Å². The van der Waals surface area contributed by atoms with Gasteiger partial charge >= 0.3 is 212 Å². The molecular weight excluding hydrogens is 800 g/mol. The third-order valence-corrected chi connectivity index (χ3v) is 11.2. The zero-order valence-electron chi connectivity index (χ0n) is 30.2. The molecule has 0 amide bonds. The summed E-state index contributed by atoms with van der Waals surface area (Å²) in [5.74, 6) is 0. The Labute approximate surface area is 313 Å². The van der Waals surface area contributed by atoms with Gasteiger partial charge in [0.25, 0.3) is 0 Å². The predicted molar refractivity (Wildman–Crippen MR) is 221 cm³/mol. The first kappa shape index (κ1) is 35.2. The summed E-state index contributed by atoms with van der Waals surface area (Å²) >= 11 is 0.997. The largest absolute Gasteiger partial charge is 0.399 e. The van der Waals surface area contributed by atoms with E-state index in [0.29, 0.717) is 0 Å². The van der Waals surface area contributed by atoms with Gasteiger partial charge in [0.05, 0.1) is 0 Å². The number of hydrogen-bond donors (Lipinski definition) is 1. The van der Waals surface area contributed by atoms with Gasteiger partial charge in [0.2, 0.25) is 0 Å².